The van der Waals surface area contributed by atoms with Crippen LogP contribution in [0.4, 0.5) is 15.8 Å². The largest absolute Gasteiger partial charge is 0.369 e. The summed E-state index contributed by atoms with van der Waals surface area (Å²) in [6, 6.07) is 10.4. The van der Waals surface area contributed by atoms with Gasteiger partial charge in [0.25, 0.3) is 0 Å². The van der Waals surface area contributed by atoms with Gasteiger partial charge in [-0.1, -0.05) is 35.3 Å². The van der Waals surface area contributed by atoms with Gasteiger partial charge in [-0.3, -0.25) is 4.99 Å². The third-order valence-corrected chi connectivity index (χ3v) is 4.51. The first-order chi connectivity index (χ1) is 10.6. The Morgan fingerprint density at radius 1 is 1.09 bits per heavy atom. The predicted octanol–water partition coefficient (Wildman–Crippen LogP) is 5.48. The molecule has 2 nitrogen and oxygen atoms in total. The fourth-order valence-corrected chi connectivity index (χ4v) is 2.90. The molecule has 0 unspecified atom stereocenters. The molecule has 1 saturated heterocycles. The van der Waals surface area contributed by atoms with Crippen molar-refractivity contribution in [2.24, 2.45) is 4.99 Å². The summed E-state index contributed by atoms with van der Waals surface area (Å²) >= 11 is 12.0. The number of benzene rings is 2. The first-order valence-corrected chi connectivity index (χ1v) is 7.93. The number of hydrogen-bond acceptors (Lipinski definition) is 2. The first-order valence-electron chi connectivity index (χ1n) is 7.18. The van der Waals surface area contributed by atoms with Crippen LogP contribution in [0, 0.1) is 5.82 Å². The first kappa shape index (κ1) is 15.3. The maximum absolute atomic E-state index is 14.2. The highest BCUT2D eigenvalue weighted by atomic mass is 35.5. The van der Waals surface area contributed by atoms with Crippen LogP contribution in [0.15, 0.2) is 41.4 Å². The lowest BCUT2D eigenvalue weighted by Crippen LogP contribution is -2.18. The molecule has 1 aliphatic rings. The van der Waals surface area contributed by atoms with E-state index in [0.29, 0.717) is 27.0 Å². The van der Waals surface area contributed by atoms with Crippen molar-refractivity contribution < 1.29 is 4.39 Å². The zero-order valence-corrected chi connectivity index (χ0v) is 13.4. The Balaban J connectivity index is 1.82. The Morgan fingerprint density at radius 3 is 2.59 bits per heavy atom. The summed E-state index contributed by atoms with van der Waals surface area (Å²) in [4.78, 5) is 6.36. The molecule has 0 spiro atoms. The predicted molar refractivity (Wildman–Crippen MR) is 91.6 cm³/mol. The Bertz CT molecular complexity index is 710. The van der Waals surface area contributed by atoms with Gasteiger partial charge in [0.2, 0.25) is 0 Å². The topological polar surface area (TPSA) is 15.6 Å². The van der Waals surface area contributed by atoms with Gasteiger partial charge in [-0.05, 0) is 42.7 Å². The molecule has 22 heavy (non-hydrogen) atoms. The molecule has 1 fully saturated rings. The highest BCUT2D eigenvalue weighted by Crippen LogP contribution is 2.31. The molecule has 0 N–H and O–H groups in total. The van der Waals surface area contributed by atoms with Crippen molar-refractivity contribution in [3.8, 4) is 0 Å². The van der Waals surface area contributed by atoms with Gasteiger partial charge in [-0.25, -0.2) is 4.39 Å². The van der Waals surface area contributed by atoms with E-state index in [2.05, 4.69) is 9.89 Å². The van der Waals surface area contributed by atoms with Gasteiger partial charge in [0.05, 0.1) is 21.4 Å². The Morgan fingerprint density at radius 2 is 1.86 bits per heavy atom. The van der Waals surface area contributed by atoms with Crippen molar-refractivity contribution in [3.05, 3.63) is 57.8 Å². The number of anilines is 1. The molecule has 0 aromatic heterocycles. The van der Waals surface area contributed by atoms with Gasteiger partial charge in [0, 0.05) is 19.3 Å². The summed E-state index contributed by atoms with van der Waals surface area (Å²) in [6.07, 6.45) is 3.83. The summed E-state index contributed by atoms with van der Waals surface area (Å²) in [7, 11) is 0. The van der Waals surface area contributed by atoms with Crippen molar-refractivity contribution in [1.82, 2.24) is 0 Å². The molecule has 2 aromatic rings. The van der Waals surface area contributed by atoms with Crippen LogP contribution < -0.4 is 4.90 Å². The molecule has 0 radical (unpaired) electrons. The molecule has 0 amide bonds. The van der Waals surface area contributed by atoms with E-state index in [0.717, 1.165) is 25.9 Å². The van der Waals surface area contributed by atoms with E-state index in [1.54, 1.807) is 24.4 Å². The van der Waals surface area contributed by atoms with Gasteiger partial charge in [-0.2, -0.15) is 0 Å². The molecule has 5 heteroatoms. The van der Waals surface area contributed by atoms with Gasteiger partial charge in [0.15, 0.2) is 0 Å². The van der Waals surface area contributed by atoms with E-state index in [1.165, 1.54) is 6.07 Å². The lowest BCUT2D eigenvalue weighted by molar-refractivity contribution is 0.623. The fourth-order valence-electron chi connectivity index (χ4n) is 2.55. The lowest BCUT2D eigenvalue weighted by atomic mass is 10.2. The van der Waals surface area contributed by atoms with Gasteiger partial charge in [0.1, 0.15) is 5.82 Å². The van der Waals surface area contributed by atoms with E-state index < -0.39 is 0 Å². The van der Waals surface area contributed by atoms with Crippen LogP contribution in [-0.2, 0) is 0 Å². The van der Waals surface area contributed by atoms with Crippen molar-refractivity contribution >= 4 is 40.8 Å². The van der Waals surface area contributed by atoms with Crippen LogP contribution in [-0.4, -0.2) is 19.3 Å². The molecular weight excluding hydrogens is 322 g/mol. The number of aliphatic imine (C=N–C) groups is 1. The van der Waals surface area contributed by atoms with Crippen molar-refractivity contribution in [2.45, 2.75) is 12.8 Å². The Kier molecular flexibility index (Phi) is 4.65. The van der Waals surface area contributed by atoms with Crippen LogP contribution in [0.2, 0.25) is 10.0 Å². The van der Waals surface area contributed by atoms with E-state index in [1.807, 2.05) is 12.1 Å². The van der Waals surface area contributed by atoms with Crippen molar-refractivity contribution in [1.29, 1.82) is 0 Å². The summed E-state index contributed by atoms with van der Waals surface area (Å²) < 4.78 is 14.2. The van der Waals surface area contributed by atoms with Crippen molar-refractivity contribution in [2.75, 3.05) is 18.0 Å². The number of hydrogen-bond donors (Lipinski definition) is 0. The van der Waals surface area contributed by atoms with Gasteiger partial charge < -0.3 is 4.90 Å². The monoisotopic (exact) mass is 336 g/mol. The maximum atomic E-state index is 14.2. The second-order valence-electron chi connectivity index (χ2n) is 5.24. The Labute approximate surface area is 139 Å². The van der Waals surface area contributed by atoms with E-state index in [-0.39, 0.29) is 5.82 Å². The minimum atomic E-state index is -0.219. The second kappa shape index (κ2) is 6.67. The standard InChI is InChI=1S/C17H15Cl2FN2/c18-13-4-3-5-15(17(13)19)21-11-12-6-7-16(14(20)10-12)22-8-1-2-9-22/h3-7,10-11H,1-2,8-9H2. The van der Waals surface area contributed by atoms with Crippen LogP contribution in [0.25, 0.3) is 0 Å². The van der Waals surface area contributed by atoms with Gasteiger partial charge in [-0.15, -0.1) is 0 Å². The zero-order valence-electron chi connectivity index (χ0n) is 11.9. The molecule has 0 aliphatic carbocycles. The van der Waals surface area contributed by atoms with E-state index in [9.17, 15) is 4.39 Å². The Hall–Kier alpha value is -1.58. The van der Waals surface area contributed by atoms with Crippen LogP contribution >= 0.6 is 23.2 Å². The number of nitrogens with zero attached hydrogens (tertiary/aromatic N) is 2. The fraction of sp³-hybridized carbons (Fsp3) is 0.235. The lowest BCUT2D eigenvalue weighted by Gasteiger charge is -2.18. The number of halogens is 3. The van der Waals surface area contributed by atoms with Crippen LogP contribution in [0.3, 0.4) is 0 Å². The minimum absolute atomic E-state index is 0.219. The van der Waals surface area contributed by atoms with Crippen LogP contribution in [0.1, 0.15) is 18.4 Å². The SMILES string of the molecule is Fc1cc(C=Nc2cccc(Cl)c2Cl)ccc1N1CCCC1. The number of rotatable bonds is 3. The molecule has 1 aliphatic heterocycles. The smallest absolute Gasteiger partial charge is 0.147 e. The molecule has 0 atom stereocenters. The highest BCUT2D eigenvalue weighted by molar-refractivity contribution is 6.43. The van der Waals surface area contributed by atoms with E-state index in [4.69, 9.17) is 23.2 Å². The molecular formula is C17H15Cl2FN2. The molecule has 3 rings (SSSR count). The average molecular weight is 337 g/mol. The molecule has 2 aromatic carbocycles. The second-order valence-corrected chi connectivity index (χ2v) is 6.02. The quantitative estimate of drug-likeness (QED) is 0.677. The summed E-state index contributed by atoms with van der Waals surface area (Å²) in [5, 5.41) is 0.849. The zero-order chi connectivity index (χ0) is 15.5. The van der Waals surface area contributed by atoms with E-state index >= 15 is 0 Å². The third kappa shape index (κ3) is 3.26. The summed E-state index contributed by atoms with van der Waals surface area (Å²) in [5.41, 5.74) is 1.92. The normalized spacial score (nSPS) is 15.0. The maximum Gasteiger partial charge on any atom is 0.147 e. The average Bonchev–Trinajstić information content (AvgIpc) is 3.03. The van der Waals surface area contributed by atoms with Gasteiger partial charge >= 0.3 is 0 Å². The molecule has 1 heterocycles. The third-order valence-electron chi connectivity index (χ3n) is 3.70. The molecule has 0 bridgehead atoms. The van der Waals surface area contributed by atoms with Crippen molar-refractivity contribution in [3.63, 3.8) is 0 Å². The molecule has 0 saturated carbocycles. The minimum Gasteiger partial charge on any atom is -0.369 e. The summed E-state index contributed by atoms with van der Waals surface area (Å²) in [6.45, 7) is 1.84. The van der Waals surface area contributed by atoms with Crippen LogP contribution in [0.5, 0.6) is 0 Å². The molecule has 114 valence electrons. The highest BCUT2D eigenvalue weighted by Gasteiger charge is 2.15. The summed E-state index contributed by atoms with van der Waals surface area (Å²) in [5.74, 6) is -0.219.